The lowest BCUT2D eigenvalue weighted by Crippen LogP contribution is -2.35. The lowest BCUT2D eigenvalue weighted by atomic mass is 10.1. The Morgan fingerprint density at radius 3 is 2.79 bits per heavy atom. The Balaban J connectivity index is 1.48. The summed E-state index contributed by atoms with van der Waals surface area (Å²) in [5, 5.41) is 13.6. The van der Waals surface area contributed by atoms with E-state index in [9.17, 15) is 14.3 Å². The molecule has 124 valence electrons. The Morgan fingerprint density at radius 1 is 1.21 bits per heavy atom. The molecule has 1 unspecified atom stereocenters. The van der Waals surface area contributed by atoms with Gasteiger partial charge >= 0.3 is 0 Å². The predicted molar refractivity (Wildman–Crippen MR) is 88.5 cm³/mol. The number of H-pyrrole nitrogens is 1. The molecule has 0 aliphatic rings. The maximum absolute atomic E-state index is 12.8. The Kier molecular flexibility index (Phi) is 4.77. The number of aliphatic hydroxyl groups excluding tert-OH is 1. The van der Waals surface area contributed by atoms with E-state index in [-0.39, 0.29) is 24.9 Å². The van der Waals surface area contributed by atoms with Gasteiger partial charge in [-0.25, -0.2) is 4.39 Å². The largest absolute Gasteiger partial charge is 0.491 e. The van der Waals surface area contributed by atoms with Crippen LogP contribution in [0, 0.1) is 5.82 Å². The number of aromatic amines is 1. The Morgan fingerprint density at radius 2 is 2.00 bits per heavy atom. The van der Waals surface area contributed by atoms with Crippen LogP contribution in [0.4, 0.5) is 4.39 Å². The van der Waals surface area contributed by atoms with Crippen molar-refractivity contribution in [1.82, 2.24) is 10.3 Å². The van der Waals surface area contributed by atoms with Crippen molar-refractivity contribution >= 4 is 16.8 Å². The third kappa shape index (κ3) is 3.91. The summed E-state index contributed by atoms with van der Waals surface area (Å²) < 4.78 is 18.1. The molecule has 6 heteroatoms. The number of aromatic nitrogens is 1. The number of carbonyl (C=O) groups is 1. The summed E-state index contributed by atoms with van der Waals surface area (Å²) in [6.07, 6.45) is 0.941. The van der Waals surface area contributed by atoms with Gasteiger partial charge in [0.1, 0.15) is 24.3 Å². The van der Waals surface area contributed by atoms with Crippen LogP contribution in [-0.4, -0.2) is 35.3 Å². The highest BCUT2D eigenvalue weighted by Crippen LogP contribution is 2.14. The summed E-state index contributed by atoms with van der Waals surface area (Å²) in [5.41, 5.74) is 1.39. The quantitative estimate of drug-likeness (QED) is 0.651. The van der Waals surface area contributed by atoms with E-state index >= 15 is 0 Å². The zero-order valence-corrected chi connectivity index (χ0v) is 12.8. The van der Waals surface area contributed by atoms with Gasteiger partial charge in [-0.1, -0.05) is 6.07 Å². The van der Waals surface area contributed by atoms with Gasteiger partial charge in [0.2, 0.25) is 0 Å². The number of aliphatic hydroxyl groups is 1. The van der Waals surface area contributed by atoms with Crippen molar-refractivity contribution in [2.45, 2.75) is 6.10 Å². The van der Waals surface area contributed by atoms with Crippen LogP contribution in [0.1, 0.15) is 10.4 Å². The number of hydrogen-bond donors (Lipinski definition) is 3. The number of ether oxygens (including phenoxy) is 1. The van der Waals surface area contributed by atoms with Crippen molar-refractivity contribution in [3.8, 4) is 5.75 Å². The van der Waals surface area contributed by atoms with Crippen LogP contribution in [0.15, 0.2) is 54.7 Å². The standard InChI is InChI=1S/C18H17FN2O3/c19-14-3-5-16(6-4-14)24-11-15(22)10-21-18(23)13-2-1-12-7-8-20-17(12)9-13/h1-9,15,20,22H,10-11H2,(H,21,23). The molecule has 1 aromatic heterocycles. The number of fused-ring (bicyclic) bond motifs is 1. The monoisotopic (exact) mass is 328 g/mol. The van der Waals surface area contributed by atoms with Crippen molar-refractivity contribution < 1.29 is 19.0 Å². The van der Waals surface area contributed by atoms with Crippen LogP contribution in [0.2, 0.25) is 0 Å². The van der Waals surface area contributed by atoms with Crippen LogP contribution in [0.3, 0.4) is 0 Å². The van der Waals surface area contributed by atoms with Crippen LogP contribution < -0.4 is 10.1 Å². The fourth-order valence-corrected chi connectivity index (χ4v) is 2.28. The molecular weight excluding hydrogens is 311 g/mol. The van der Waals surface area contributed by atoms with Gasteiger partial charge in [-0.15, -0.1) is 0 Å². The average Bonchev–Trinajstić information content (AvgIpc) is 3.06. The fraction of sp³-hybridized carbons (Fsp3) is 0.167. The second-order valence-corrected chi connectivity index (χ2v) is 5.41. The minimum atomic E-state index is -0.867. The summed E-state index contributed by atoms with van der Waals surface area (Å²) in [4.78, 5) is 15.2. The van der Waals surface area contributed by atoms with Crippen molar-refractivity contribution in [1.29, 1.82) is 0 Å². The van der Waals surface area contributed by atoms with Gasteiger partial charge in [0.25, 0.3) is 5.91 Å². The SMILES string of the molecule is O=C(NCC(O)COc1ccc(F)cc1)c1ccc2cc[nH]c2c1. The van der Waals surface area contributed by atoms with Gasteiger partial charge in [0.05, 0.1) is 0 Å². The minimum absolute atomic E-state index is 0.00156. The lowest BCUT2D eigenvalue weighted by Gasteiger charge is -2.13. The normalized spacial score (nSPS) is 12.1. The average molecular weight is 328 g/mol. The predicted octanol–water partition coefficient (Wildman–Crippen LogP) is 2.48. The highest BCUT2D eigenvalue weighted by Gasteiger charge is 2.10. The summed E-state index contributed by atoms with van der Waals surface area (Å²) in [5.74, 6) is -0.166. The van der Waals surface area contributed by atoms with Gasteiger partial charge in [0.15, 0.2) is 0 Å². The number of rotatable bonds is 6. The van der Waals surface area contributed by atoms with Gasteiger partial charge in [0, 0.05) is 23.8 Å². The molecule has 0 spiro atoms. The fourth-order valence-electron chi connectivity index (χ4n) is 2.28. The van der Waals surface area contributed by atoms with E-state index in [4.69, 9.17) is 4.74 Å². The van der Waals surface area contributed by atoms with E-state index in [0.29, 0.717) is 11.3 Å². The Labute approximate surface area is 138 Å². The molecule has 0 saturated heterocycles. The molecular formula is C18H17FN2O3. The molecule has 2 aromatic carbocycles. The van der Waals surface area contributed by atoms with E-state index in [0.717, 1.165) is 10.9 Å². The molecule has 0 aliphatic heterocycles. The summed E-state index contributed by atoms with van der Waals surface area (Å²) in [7, 11) is 0. The third-order valence-corrected chi connectivity index (χ3v) is 3.57. The Hall–Kier alpha value is -2.86. The molecule has 0 radical (unpaired) electrons. The van der Waals surface area contributed by atoms with Gasteiger partial charge in [-0.05, 0) is 47.9 Å². The van der Waals surface area contributed by atoms with Crippen LogP contribution in [0.25, 0.3) is 10.9 Å². The number of carbonyl (C=O) groups excluding carboxylic acids is 1. The topological polar surface area (TPSA) is 74.3 Å². The van der Waals surface area contributed by atoms with E-state index in [1.807, 2.05) is 18.3 Å². The third-order valence-electron chi connectivity index (χ3n) is 3.57. The minimum Gasteiger partial charge on any atom is -0.491 e. The van der Waals surface area contributed by atoms with Crippen LogP contribution in [0.5, 0.6) is 5.75 Å². The van der Waals surface area contributed by atoms with Crippen LogP contribution in [-0.2, 0) is 0 Å². The second kappa shape index (κ2) is 7.14. The highest BCUT2D eigenvalue weighted by molar-refractivity contribution is 5.97. The zero-order chi connectivity index (χ0) is 16.9. The van der Waals surface area contributed by atoms with E-state index in [1.54, 1.807) is 12.1 Å². The van der Waals surface area contributed by atoms with Crippen molar-refractivity contribution in [2.24, 2.45) is 0 Å². The first-order chi connectivity index (χ1) is 11.6. The molecule has 3 rings (SSSR count). The molecule has 5 nitrogen and oxygen atoms in total. The highest BCUT2D eigenvalue weighted by atomic mass is 19.1. The maximum atomic E-state index is 12.8. The van der Waals surface area contributed by atoms with Gasteiger partial charge in [-0.2, -0.15) is 0 Å². The molecule has 3 N–H and O–H groups in total. The molecule has 0 saturated carbocycles. The summed E-state index contributed by atoms with van der Waals surface area (Å²) in [6.45, 7) is 0.0599. The van der Waals surface area contributed by atoms with Crippen LogP contribution >= 0.6 is 0 Å². The molecule has 0 fully saturated rings. The zero-order valence-electron chi connectivity index (χ0n) is 12.8. The van der Waals surface area contributed by atoms with E-state index < -0.39 is 6.10 Å². The van der Waals surface area contributed by atoms with Crippen molar-refractivity contribution in [3.63, 3.8) is 0 Å². The molecule has 1 atom stereocenters. The molecule has 1 heterocycles. The lowest BCUT2D eigenvalue weighted by molar-refractivity contribution is 0.0843. The first-order valence-corrected chi connectivity index (χ1v) is 7.53. The summed E-state index contributed by atoms with van der Waals surface area (Å²) >= 11 is 0. The number of amides is 1. The van der Waals surface area contributed by atoms with Gasteiger partial charge in [-0.3, -0.25) is 4.79 Å². The first kappa shape index (κ1) is 16.0. The molecule has 1 amide bonds. The number of benzene rings is 2. The number of halogens is 1. The molecule has 0 bridgehead atoms. The molecule has 0 aliphatic carbocycles. The van der Waals surface area contributed by atoms with Crippen molar-refractivity contribution in [2.75, 3.05) is 13.2 Å². The van der Waals surface area contributed by atoms with E-state index in [1.165, 1.54) is 24.3 Å². The Bertz CT molecular complexity index is 830. The molecule has 24 heavy (non-hydrogen) atoms. The van der Waals surface area contributed by atoms with E-state index in [2.05, 4.69) is 10.3 Å². The second-order valence-electron chi connectivity index (χ2n) is 5.41. The number of nitrogens with one attached hydrogen (secondary N) is 2. The van der Waals surface area contributed by atoms with Crippen molar-refractivity contribution in [3.05, 3.63) is 66.1 Å². The maximum Gasteiger partial charge on any atom is 0.251 e. The first-order valence-electron chi connectivity index (χ1n) is 7.53. The number of hydrogen-bond acceptors (Lipinski definition) is 3. The van der Waals surface area contributed by atoms with Gasteiger partial charge < -0.3 is 20.1 Å². The molecule has 3 aromatic rings. The summed E-state index contributed by atoms with van der Waals surface area (Å²) in [6, 6.07) is 12.8. The smallest absolute Gasteiger partial charge is 0.251 e.